The summed E-state index contributed by atoms with van der Waals surface area (Å²) >= 11 is 0. The fourth-order valence-corrected chi connectivity index (χ4v) is 3.51. The van der Waals surface area contributed by atoms with Crippen LogP contribution >= 0.6 is 24.0 Å². The van der Waals surface area contributed by atoms with Gasteiger partial charge in [0.15, 0.2) is 5.96 Å². The molecule has 0 aromatic heterocycles. The monoisotopic (exact) mass is 494 g/mol. The normalized spacial score (nSPS) is 18.5. The molecule has 148 valence electrons. The molecule has 8 heteroatoms. The van der Waals surface area contributed by atoms with Gasteiger partial charge in [-0.05, 0) is 32.4 Å². The average molecular weight is 494 g/mol. The Labute approximate surface area is 174 Å². The third-order valence-corrected chi connectivity index (χ3v) is 5.78. The zero-order valence-electron chi connectivity index (χ0n) is 16.5. The van der Waals surface area contributed by atoms with E-state index in [1.165, 1.54) is 0 Å². The van der Waals surface area contributed by atoms with Crippen molar-refractivity contribution in [3.63, 3.8) is 0 Å². The van der Waals surface area contributed by atoms with Crippen LogP contribution < -0.4 is 10.0 Å². The first kappa shape index (κ1) is 23.0. The molecule has 2 N–H and O–H groups in total. The van der Waals surface area contributed by atoms with Crippen LogP contribution in [0.4, 0.5) is 5.69 Å². The number of sulfonamides is 1. The number of halogens is 1. The maximum atomic E-state index is 11.5. The molecule has 0 spiro atoms. The Morgan fingerprint density at radius 2 is 1.85 bits per heavy atom. The Morgan fingerprint density at radius 1 is 1.23 bits per heavy atom. The Kier molecular flexibility index (Phi) is 7.37. The number of rotatable bonds is 5. The molecule has 0 radical (unpaired) electrons. The van der Waals surface area contributed by atoms with Gasteiger partial charge in [0, 0.05) is 24.0 Å². The van der Waals surface area contributed by atoms with Crippen LogP contribution in [-0.4, -0.2) is 44.2 Å². The van der Waals surface area contributed by atoms with Crippen LogP contribution in [0.25, 0.3) is 0 Å². The van der Waals surface area contributed by atoms with E-state index in [2.05, 4.69) is 42.6 Å². The van der Waals surface area contributed by atoms with Crippen molar-refractivity contribution >= 4 is 45.6 Å². The minimum absolute atomic E-state index is 0. The van der Waals surface area contributed by atoms with Gasteiger partial charge in [0.2, 0.25) is 10.0 Å². The number of para-hydroxylation sites is 1. The molecule has 0 aliphatic carbocycles. The molecule has 0 saturated carbocycles. The molecule has 1 aromatic rings. The predicted molar refractivity (Wildman–Crippen MR) is 120 cm³/mol. The summed E-state index contributed by atoms with van der Waals surface area (Å²) in [5.41, 5.74) is 1.66. The number of benzene rings is 1. The van der Waals surface area contributed by atoms with Gasteiger partial charge in [-0.3, -0.25) is 4.72 Å². The molecule has 1 heterocycles. The number of anilines is 1. The third-order valence-electron chi connectivity index (χ3n) is 5.19. The molecule has 1 aromatic carbocycles. The highest BCUT2D eigenvalue weighted by Gasteiger charge is 2.53. The summed E-state index contributed by atoms with van der Waals surface area (Å²) in [6.45, 7) is 13.2. The van der Waals surface area contributed by atoms with E-state index >= 15 is 0 Å². The highest BCUT2D eigenvalue weighted by molar-refractivity contribution is 14.0. The fraction of sp³-hybridized carbons (Fsp3) is 0.611. The van der Waals surface area contributed by atoms with Crippen LogP contribution in [0.1, 0.15) is 40.2 Å². The van der Waals surface area contributed by atoms with E-state index in [1.807, 2.05) is 25.1 Å². The van der Waals surface area contributed by atoms with Crippen LogP contribution in [0.3, 0.4) is 0 Å². The van der Waals surface area contributed by atoms with Gasteiger partial charge in [-0.2, -0.15) is 0 Å². The number of aliphatic imine (C=N–C) groups is 1. The maximum absolute atomic E-state index is 11.5. The maximum Gasteiger partial charge on any atom is 0.229 e. The largest absolute Gasteiger partial charge is 0.356 e. The molecular weight excluding hydrogens is 463 g/mol. The number of nitrogens with zero attached hydrogens (tertiary/aromatic N) is 2. The second kappa shape index (κ2) is 8.33. The number of likely N-dealkylation sites (tertiary alicyclic amines) is 1. The second-order valence-corrected chi connectivity index (χ2v) is 9.48. The summed E-state index contributed by atoms with van der Waals surface area (Å²) < 4.78 is 25.7. The summed E-state index contributed by atoms with van der Waals surface area (Å²) in [4.78, 5) is 7.04. The zero-order chi connectivity index (χ0) is 18.9. The smallest absolute Gasteiger partial charge is 0.229 e. The summed E-state index contributed by atoms with van der Waals surface area (Å²) in [5.74, 6) is 0.862. The van der Waals surface area contributed by atoms with Gasteiger partial charge in [0.25, 0.3) is 0 Å². The van der Waals surface area contributed by atoms with E-state index in [0.717, 1.165) is 30.9 Å². The van der Waals surface area contributed by atoms with Gasteiger partial charge in [0.1, 0.15) is 0 Å². The summed E-state index contributed by atoms with van der Waals surface area (Å²) in [5, 5.41) is 3.35. The van der Waals surface area contributed by atoms with Gasteiger partial charge >= 0.3 is 0 Å². The van der Waals surface area contributed by atoms with Crippen molar-refractivity contribution < 1.29 is 8.42 Å². The molecule has 1 fully saturated rings. The van der Waals surface area contributed by atoms with Crippen molar-refractivity contribution in [1.82, 2.24) is 10.2 Å². The lowest BCUT2D eigenvalue weighted by atomic mass is 9.65. The van der Waals surface area contributed by atoms with Crippen LogP contribution in [0.5, 0.6) is 0 Å². The highest BCUT2D eigenvalue weighted by atomic mass is 127. The SMILES string of the molecule is CCNC(=NCc1ccccc1NS(C)(=O)=O)N1CC(C)(C)C1(C)C.I. The van der Waals surface area contributed by atoms with Gasteiger partial charge in [-0.15, -0.1) is 24.0 Å². The van der Waals surface area contributed by atoms with Crippen molar-refractivity contribution in [2.24, 2.45) is 10.4 Å². The number of guanidine groups is 1. The molecule has 2 rings (SSSR count). The molecule has 1 aliphatic rings. The molecule has 0 bridgehead atoms. The van der Waals surface area contributed by atoms with E-state index in [9.17, 15) is 8.42 Å². The van der Waals surface area contributed by atoms with E-state index in [-0.39, 0.29) is 34.9 Å². The zero-order valence-corrected chi connectivity index (χ0v) is 19.6. The van der Waals surface area contributed by atoms with Crippen LogP contribution in [0.15, 0.2) is 29.3 Å². The van der Waals surface area contributed by atoms with E-state index in [1.54, 1.807) is 6.07 Å². The van der Waals surface area contributed by atoms with Gasteiger partial charge in [-0.1, -0.05) is 32.0 Å². The standard InChI is InChI=1S/C18H30N4O2S.HI/c1-7-19-16(22-13-17(2,3)18(22,4)5)20-12-14-10-8-9-11-15(14)21-25(6,23)24;/h8-11,21H,7,12-13H2,1-6H3,(H,19,20);1H. The van der Waals surface area contributed by atoms with Crippen LogP contribution in [-0.2, 0) is 16.6 Å². The van der Waals surface area contributed by atoms with Crippen molar-refractivity contribution in [1.29, 1.82) is 0 Å². The van der Waals surface area contributed by atoms with Crippen LogP contribution in [0, 0.1) is 5.41 Å². The lowest BCUT2D eigenvalue weighted by Gasteiger charge is -2.62. The molecule has 26 heavy (non-hydrogen) atoms. The summed E-state index contributed by atoms with van der Waals surface area (Å²) in [7, 11) is -3.32. The van der Waals surface area contributed by atoms with Gasteiger partial charge in [-0.25, -0.2) is 13.4 Å². The fourth-order valence-electron chi connectivity index (χ4n) is 2.91. The topological polar surface area (TPSA) is 73.8 Å². The summed E-state index contributed by atoms with van der Waals surface area (Å²) in [6, 6.07) is 7.36. The number of hydrogen-bond acceptors (Lipinski definition) is 3. The average Bonchev–Trinajstić information content (AvgIpc) is 2.49. The molecule has 0 amide bonds. The molecule has 0 unspecified atom stereocenters. The van der Waals surface area contributed by atoms with Crippen LogP contribution in [0.2, 0.25) is 0 Å². The minimum Gasteiger partial charge on any atom is -0.356 e. The van der Waals surface area contributed by atoms with E-state index in [4.69, 9.17) is 4.99 Å². The first-order valence-corrected chi connectivity index (χ1v) is 10.5. The van der Waals surface area contributed by atoms with Crippen molar-refractivity contribution in [3.8, 4) is 0 Å². The summed E-state index contributed by atoms with van der Waals surface area (Å²) in [6.07, 6.45) is 1.15. The number of nitrogens with one attached hydrogen (secondary N) is 2. The third kappa shape index (κ3) is 5.03. The van der Waals surface area contributed by atoms with Crippen molar-refractivity contribution in [2.75, 3.05) is 24.1 Å². The molecule has 1 aliphatic heterocycles. The number of hydrogen-bond donors (Lipinski definition) is 2. The van der Waals surface area contributed by atoms with Gasteiger partial charge in [0.05, 0.1) is 18.5 Å². The van der Waals surface area contributed by atoms with E-state index in [0.29, 0.717) is 12.2 Å². The predicted octanol–water partition coefficient (Wildman–Crippen LogP) is 3.26. The molecule has 0 atom stereocenters. The lowest BCUT2D eigenvalue weighted by molar-refractivity contribution is -0.0667. The Balaban J connectivity index is 0.00000338. The van der Waals surface area contributed by atoms with Crippen molar-refractivity contribution in [3.05, 3.63) is 29.8 Å². The minimum atomic E-state index is -3.32. The quantitative estimate of drug-likeness (QED) is 0.375. The molecule has 6 nitrogen and oxygen atoms in total. The van der Waals surface area contributed by atoms with Gasteiger partial charge < -0.3 is 10.2 Å². The highest BCUT2D eigenvalue weighted by Crippen LogP contribution is 2.46. The second-order valence-electron chi connectivity index (χ2n) is 7.73. The Hall–Kier alpha value is -1.03. The lowest BCUT2D eigenvalue weighted by Crippen LogP contribution is -2.72. The first-order chi connectivity index (χ1) is 11.5. The Bertz CT molecular complexity index is 760. The molecular formula is C18H31IN4O2S. The Morgan fingerprint density at radius 3 is 2.35 bits per heavy atom. The van der Waals surface area contributed by atoms with Crippen molar-refractivity contribution in [2.45, 2.75) is 46.7 Å². The first-order valence-electron chi connectivity index (χ1n) is 8.59. The molecule has 1 saturated heterocycles. The van der Waals surface area contributed by atoms with E-state index < -0.39 is 10.0 Å².